The molecule has 0 spiro atoms. The van der Waals surface area contributed by atoms with E-state index in [4.69, 9.17) is 15.2 Å². The first-order valence-electron chi connectivity index (χ1n) is 5.99. The lowest BCUT2D eigenvalue weighted by atomic mass is 10.2. The summed E-state index contributed by atoms with van der Waals surface area (Å²) in [6.45, 7) is 0. The maximum atomic E-state index is 12.3. The number of ether oxygens (including phenoxy) is 2. The fraction of sp³-hybridized carbons (Fsp3) is 0.143. The van der Waals surface area contributed by atoms with Crippen LogP contribution in [0.5, 0.6) is 11.5 Å². The van der Waals surface area contributed by atoms with E-state index in [9.17, 15) is 4.79 Å². The smallest absolute Gasteiger partial charge is 0.257 e. The van der Waals surface area contributed by atoms with Crippen LogP contribution < -0.4 is 20.5 Å². The number of methoxy groups -OCH3 is 2. The number of carbonyl (C=O) groups excluding carboxylic acids is 1. The Bertz CT molecular complexity index is 654. The topological polar surface area (TPSA) is 86.5 Å². The summed E-state index contributed by atoms with van der Waals surface area (Å²) in [6.07, 6.45) is 1.46. The Kier molecular flexibility index (Phi) is 4.64. The van der Waals surface area contributed by atoms with Gasteiger partial charge >= 0.3 is 0 Å². The Hall–Kier alpha value is -2.28. The number of nitrogens with zero attached hydrogens (tertiary/aromatic N) is 1. The van der Waals surface area contributed by atoms with Crippen LogP contribution in [0.15, 0.2) is 34.9 Å². The Morgan fingerprint density at radius 1 is 1.19 bits per heavy atom. The molecule has 0 fully saturated rings. The van der Waals surface area contributed by atoms with Gasteiger partial charge in [-0.2, -0.15) is 0 Å². The number of halogens is 1. The maximum Gasteiger partial charge on any atom is 0.257 e. The molecule has 21 heavy (non-hydrogen) atoms. The lowest BCUT2D eigenvalue weighted by molar-refractivity contribution is 0.102. The number of nitrogens with one attached hydrogen (secondary N) is 1. The molecule has 1 heterocycles. The van der Waals surface area contributed by atoms with Crippen LogP contribution in [-0.2, 0) is 0 Å². The zero-order chi connectivity index (χ0) is 15.4. The van der Waals surface area contributed by atoms with Crippen molar-refractivity contribution in [2.45, 2.75) is 0 Å². The third-order valence-corrected chi connectivity index (χ3v) is 3.31. The third-order valence-electron chi connectivity index (χ3n) is 2.71. The number of nitrogen functional groups attached to an aromatic ring is 1. The zero-order valence-electron chi connectivity index (χ0n) is 11.5. The van der Waals surface area contributed by atoms with E-state index in [2.05, 4.69) is 26.2 Å². The van der Waals surface area contributed by atoms with Crippen LogP contribution in [-0.4, -0.2) is 25.1 Å². The molecule has 6 nitrogen and oxygen atoms in total. The highest BCUT2D eigenvalue weighted by Gasteiger charge is 2.12. The summed E-state index contributed by atoms with van der Waals surface area (Å²) in [6, 6.07) is 6.58. The second kappa shape index (κ2) is 6.45. The van der Waals surface area contributed by atoms with E-state index < -0.39 is 0 Å². The van der Waals surface area contributed by atoms with Crippen molar-refractivity contribution in [1.29, 1.82) is 0 Å². The number of pyridine rings is 1. The predicted molar refractivity (Wildman–Crippen MR) is 83.8 cm³/mol. The number of carbonyl (C=O) groups is 1. The van der Waals surface area contributed by atoms with Gasteiger partial charge in [-0.1, -0.05) is 0 Å². The number of aromatic nitrogens is 1. The molecule has 1 amide bonds. The molecule has 0 radical (unpaired) electrons. The van der Waals surface area contributed by atoms with Crippen molar-refractivity contribution in [3.63, 3.8) is 0 Å². The van der Waals surface area contributed by atoms with Gasteiger partial charge in [-0.25, -0.2) is 4.98 Å². The van der Waals surface area contributed by atoms with E-state index in [1.165, 1.54) is 20.4 Å². The van der Waals surface area contributed by atoms with Crippen molar-refractivity contribution in [3.8, 4) is 11.5 Å². The summed E-state index contributed by atoms with van der Waals surface area (Å²) in [5.74, 6) is 1.12. The van der Waals surface area contributed by atoms with Crippen LogP contribution in [0.1, 0.15) is 10.4 Å². The third kappa shape index (κ3) is 3.63. The van der Waals surface area contributed by atoms with E-state index in [1.807, 2.05) is 0 Å². The van der Waals surface area contributed by atoms with Gasteiger partial charge in [0.15, 0.2) is 0 Å². The average molecular weight is 352 g/mol. The molecule has 0 atom stereocenters. The largest absolute Gasteiger partial charge is 0.497 e. The summed E-state index contributed by atoms with van der Waals surface area (Å²) >= 11 is 3.30. The summed E-state index contributed by atoms with van der Waals surface area (Å²) in [5.41, 5.74) is 6.51. The predicted octanol–water partition coefficient (Wildman–Crippen LogP) is 2.70. The van der Waals surface area contributed by atoms with Crippen molar-refractivity contribution in [2.24, 2.45) is 0 Å². The molecule has 2 rings (SSSR count). The van der Waals surface area contributed by atoms with E-state index in [1.54, 1.807) is 24.3 Å². The molecule has 2 aromatic rings. The monoisotopic (exact) mass is 351 g/mol. The fourth-order valence-corrected chi connectivity index (χ4v) is 2.13. The molecule has 0 aliphatic heterocycles. The van der Waals surface area contributed by atoms with Crippen LogP contribution in [0, 0.1) is 0 Å². The quantitative estimate of drug-likeness (QED) is 0.884. The lowest BCUT2D eigenvalue weighted by Gasteiger charge is -2.10. The van der Waals surface area contributed by atoms with Gasteiger partial charge in [0.05, 0.1) is 30.6 Å². The van der Waals surface area contributed by atoms with Crippen molar-refractivity contribution in [1.82, 2.24) is 4.98 Å². The fourth-order valence-electron chi connectivity index (χ4n) is 1.66. The first kappa shape index (κ1) is 15.1. The summed E-state index contributed by atoms with van der Waals surface area (Å²) in [7, 11) is 3.04. The van der Waals surface area contributed by atoms with Crippen molar-refractivity contribution in [3.05, 3.63) is 40.5 Å². The molecule has 3 N–H and O–H groups in total. The summed E-state index contributed by atoms with van der Waals surface area (Å²) in [5, 5.41) is 2.69. The Labute approximate surface area is 130 Å². The van der Waals surface area contributed by atoms with Crippen LogP contribution in [0.4, 0.5) is 11.5 Å². The van der Waals surface area contributed by atoms with Crippen LogP contribution in [0.3, 0.4) is 0 Å². The Morgan fingerprint density at radius 2 is 1.81 bits per heavy atom. The molecular formula is C14H14BrN3O3. The summed E-state index contributed by atoms with van der Waals surface area (Å²) in [4.78, 5) is 16.3. The molecule has 1 aromatic carbocycles. The molecule has 0 aliphatic rings. The minimum absolute atomic E-state index is 0.329. The second-order valence-electron chi connectivity index (χ2n) is 4.15. The molecular weight excluding hydrogens is 338 g/mol. The molecule has 0 saturated heterocycles. The van der Waals surface area contributed by atoms with E-state index >= 15 is 0 Å². The van der Waals surface area contributed by atoms with Crippen molar-refractivity contribution < 1.29 is 14.3 Å². The number of anilines is 2. The van der Waals surface area contributed by atoms with Gasteiger partial charge in [-0.3, -0.25) is 4.79 Å². The number of nitrogens with two attached hydrogens (primary N) is 1. The lowest BCUT2D eigenvalue weighted by Crippen LogP contribution is -2.14. The van der Waals surface area contributed by atoms with Gasteiger partial charge in [0.2, 0.25) is 0 Å². The molecule has 0 bridgehead atoms. The molecule has 1 aromatic heterocycles. The molecule has 110 valence electrons. The van der Waals surface area contributed by atoms with E-state index in [-0.39, 0.29) is 5.91 Å². The first-order chi connectivity index (χ1) is 10.0. The highest BCUT2D eigenvalue weighted by molar-refractivity contribution is 9.10. The first-order valence-corrected chi connectivity index (χ1v) is 6.78. The highest BCUT2D eigenvalue weighted by atomic mass is 79.9. The van der Waals surface area contributed by atoms with Crippen LogP contribution in [0.2, 0.25) is 0 Å². The van der Waals surface area contributed by atoms with Crippen LogP contribution >= 0.6 is 15.9 Å². The van der Waals surface area contributed by atoms with Gasteiger partial charge < -0.3 is 20.5 Å². The van der Waals surface area contributed by atoms with E-state index in [0.717, 1.165) is 0 Å². The highest BCUT2D eigenvalue weighted by Crippen LogP contribution is 2.25. The number of hydrogen-bond acceptors (Lipinski definition) is 5. The number of rotatable bonds is 4. The molecule has 0 saturated carbocycles. The van der Waals surface area contributed by atoms with Crippen molar-refractivity contribution in [2.75, 3.05) is 25.3 Å². The normalized spacial score (nSPS) is 10.0. The molecule has 0 aliphatic carbocycles. The minimum atomic E-state index is -0.329. The minimum Gasteiger partial charge on any atom is -0.497 e. The standard InChI is InChI=1S/C14H14BrN3O3/c1-20-10-3-8(4-11(6-10)21-2)14(19)18-13-12(15)5-9(16)7-17-13/h3-7H,16H2,1-2H3,(H,17,18,19). The zero-order valence-corrected chi connectivity index (χ0v) is 13.1. The van der Waals surface area contributed by atoms with Gasteiger partial charge in [0.25, 0.3) is 5.91 Å². The van der Waals surface area contributed by atoms with Gasteiger partial charge in [-0.05, 0) is 34.1 Å². The Morgan fingerprint density at radius 3 is 2.33 bits per heavy atom. The van der Waals surface area contributed by atoms with E-state index in [0.29, 0.717) is 33.0 Å². The molecule has 7 heteroatoms. The van der Waals surface area contributed by atoms with Gasteiger partial charge in [0, 0.05) is 11.6 Å². The van der Waals surface area contributed by atoms with Gasteiger partial charge in [0.1, 0.15) is 17.3 Å². The summed E-state index contributed by atoms with van der Waals surface area (Å²) < 4.78 is 10.9. The number of benzene rings is 1. The number of hydrogen-bond donors (Lipinski definition) is 2. The SMILES string of the molecule is COc1cc(OC)cc(C(=O)Nc2ncc(N)cc2Br)c1. The maximum absolute atomic E-state index is 12.3. The van der Waals surface area contributed by atoms with Gasteiger partial charge in [-0.15, -0.1) is 0 Å². The average Bonchev–Trinajstić information content (AvgIpc) is 2.49. The number of amides is 1. The van der Waals surface area contributed by atoms with Crippen molar-refractivity contribution >= 4 is 33.3 Å². The molecule has 0 unspecified atom stereocenters. The Balaban J connectivity index is 2.27. The second-order valence-corrected chi connectivity index (χ2v) is 5.01. The van der Waals surface area contributed by atoms with Crippen LogP contribution in [0.25, 0.3) is 0 Å².